The van der Waals surface area contributed by atoms with Crippen LogP contribution in [0.5, 0.6) is 17.2 Å². The van der Waals surface area contributed by atoms with Crippen LogP contribution in [0.1, 0.15) is 25.8 Å². The Hall–Kier alpha value is -3.63. The van der Waals surface area contributed by atoms with E-state index in [9.17, 15) is 9.90 Å². The summed E-state index contributed by atoms with van der Waals surface area (Å²) in [7, 11) is 4.70. The van der Waals surface area contributed by atoms with Crippen molar-refractivity contribution in [3.05, 3.63) is 42.0 Å². The Balaban J connectivity index is 2.00. The van der Waals surface area contributed by atoms with Gasteiger partial charge in [0.25, 0.3) is 0 Å². The number of aliphatic hydroxyl groups is 1. The molecule has 0 spiro atoms. The highest BCUT2D eigenvalue weighted by Crippen LogP contribution is 2.32. The highest BCUT2D eigenvalue weighted by molar-refractivity contribution is 6.02. The van der Waals surface area contributed by atoms with E-state index in [1.807, 2.05) is 12.1 Å². The van der Waals surface area contributed by atoms with Gasteiger partial charge in [-0.1, -0.05) is 6.07 Å². The Labute approximate surface area is 192 Å². The maximum atomic E-state index is 12.7. The van der Waals surface area contributed by atoms with Crippen LogP contribution >= 0.6 is 0 Å². The third-order valence-corrected chi connectivity index (χ3v) is 4.90. The van der Waals surface area contributed by atoms with E-state index in [1.165, 1.54) is 21.0 Å². The number of ether oxygens (including phenoxy) is 3. The van der Waals surface area contributed by atoms with Crippen LogP contribution in [0.3, 0.4) is 0 Å². The van der Waals surface area contributed by atoms with E-state index in [4.69, 9.17) is 20.1 Å². The lowest BCUT2D eigenvalue weighted by atomic mass is 10.1. The number of fused-ring (bicyclic) bond motifs is 1. The maximum Gasteiger partial charge on any atom is 0.245 e. The fraction of sp³-hybridized carbons (Fsp3) is 0.348. The number of anilines is 2. The van der Waals surface area contributed by atoms with Crippen molar-refractivity contribution in [1.29, 1.82) is 0 Å². The monoisotopic (exact) mass is 455 g/mol. The van der Waals surface area contributed by atoms with Gasteiger partial charge in [-0.2, -0.15) is 4.98 Å². The molecule has 1 heterocycles. The van der Waals surface area contributed by atoms with Crippen LogP contribution in [0.2, 0.25) is 0 Å². The summed E-state index contributed by atoms with van der Waals surface area (Å²) in [6.45, 7) is 3.42. The first-order valence-electron chi connectivity index (χ1n) is 10.3. The lowest BCUT2D eigenvalue weighted by Crippen LogP contribution is -2.42. The lowest BCUT2D eigenvalue weighted by Gasteiger charge is -2.23. The summed E-state index contributed by atoms with van der Waals surface area (Å²) in [6, 6.07) is 10.7. The number of benzene rings is 2. The first kappa shape index (κ1) is 24.0. The SMILES string of the molecule is COc1ccc(CNc2nc(N(N)C(=O)CC(C)(C)O)c3cccc(OC)c3n2)c(OC)c1. The highest BCUT2D eigenvalue weighted by Gasteiger charge is 2.25. The third kappa shape index (κ3) is 5.60. The van der Waals surface area contributed by atoms with Gasteiger partial charge in [0, 0.05) is 23.6 Å². The summed E-state index contributed by atoms with van der Waals surface area (Å²) >= 11 is 0. The van der Waals surface area contributed by atoms with Crippen molar-refractivity contribution in [1.82, 2.24) is 9.97 Å². The highest BCUT2D eigenvalue weighted by atomic mass is 16.5. The number of carbonyl (C=O) groups is 1. The molecular formula is C23H29N5O5. The molecule has 0 fully saturated rings. The van der Waals surface area contributed by atoms with Gasteiger partial charge < -0.3 is 24.6 Å². The second-order valence-corrected chi connectivity index (χ2v) is 8.01. The first-order chi connectivity index (χ1) is 15.7. The molecule has 10 heteroatoms. The molecule has 0 atom stereocenters. The van der Waals surface area contributed by atoms with Crippen LogP contribution in [0.25, 0.3) is 10.9 Å². The predicted molar refractivity (Wildman–Crippen MR) is 126 cm³/mol. The van der Waals surface area contributed by atoms with Gasteiger partial charge in [0.15, 0.2) is 5.82 Å². The summed E-state index contributed by atoms with van der Waals surface area (Å²) < 4.78 is 16.1. The zero-order chi connectivity index (χ0) is 24.2. The van der Waals surface area contributed by atoms with E-state index >= 15 is 0 Å². The standard InChI is InChI=1S/C23H29N5O5/c1-23(2,30)12-19(29)28(24)21-16-7-6-8-17(32-4)20(16)26-22(27-21)25-13-14-9-10-15(31-3)11-18(14)33-5/h6-11,30H,12-13,24H2,1-5H3,(H,25,26,27). The van der Waals surface area contributed by atoms with Crippen LogP contribution in [0.15, 0.2) is 36.4 Å². The molecule has 0 radical (unpaired) electrons. The number of carbonyl (C=O) groups excluding carboxylic acids is 1. The molecule has 0 saturated heterocycles. The fourth-order valence-electron chi connectivity index (χ4n) is 3.28. The number of nitrogens with one attached hydrogen (secondary N) is 1. The maximum absolute atomic E-state index is 12.7. The van der Waals surface area contributed by atoms with Gasteiger partial charge in [0.1, 0.15) is 22.8 Å². The number of hydrogen-bond donors (Lipinski definition) is 3. The second-order valence-electron chi connectivity index (χ2n) is 8.01. The van der Waals surface area contributed by atoms with Crippen LogP contribution in [-0.2, 0) is 11.3 Å². The Morgan fingerprint density at radius 2 is 1.82 bits per heavy atom. The minimum atomic E-state index is -1.22. The zero-order valence-electron chi connectivity index (χ0n) is 19.4. The van der Waals surface area contributed by atoms with Crippen molar-refractivity contribution in [2.24, 2.45) is 5.84 Å². The number of nitrogens with two attached hydrogens (primary N) is 1. The summed E-state index contributed by atoms with van der Waals surface area (Å²) in [4.78, 5) is 21.8. The minimum Gasteiger partial charge on any atom is -0.497 e. The van der Waals surface area contributed by atoms with E-state index < -0.39 is 11.5 Å². The molecule has 0 unspecified atom stereocenters. The van der Waals surface area contributed by atoms with Gasteiger partial charge in [-0.05, 0) is 38.1 Å². The van der Waals surface area contributed by atoms with Gasteiger partial charge >= 0.3 is 0 Å². The average molecular weight is 456 g/mol. The van der Waals surface area contributed by atoms with Gasteiger partial charge in [0.05, 0.1) is 33.4 Å². The molecule has 33 heavy (non-hydrogen) atoms. The fourth-order valence-corrected chi connectivity index (χ4v) is 3.28. The molecule has 0 aliphatic heterocycles. The molecule has 1 amide bonds. The number of nitrogens with zero attached hydrogens (tertiary/aromatic N) is 3. The van der Waals surface area contributed by atoms with E-state index in [0.717, 1.165) is 10.6 Å². The molecule has 0 aliphatic rings. The molecule has 176 valence electrons. The summed E-state index contributed by atoms with van der Waals surface area (Å²) in [5.74, 6) is 7.90. The Morgan fingerprint density at radius 1 is 1.09 bits per heavy atom. The summed E-state index contributed by atoms with van der Waals surface area (Å²) in [6.07, 6.45) is -0.176. The number of aromatic nitrogens is 2. The number of hydrazine groups is 1. The van der Waals surface area contributed by atoms with Crippen molar-refractivity contribution in [2.45, 2.75) is 32.4 Å². The van der Waals surface area contributed by atoms with Crippen molar-refractivity contribution in [2.75, 3.05) is 31.7 Å². The van der Waals surface area contributed by atoms with Gasteiger partial charge in [-0.25, -0.2) is 15.8 Å². The van der Waals surface area contributed by atoms with Crippen molar-refractivity contribution >= 4 is 28.6 Å². The molecule has 1 aromatic heterocycles. The van der Waals surface area contributed by atoms with Crippen LogP contribution in [0.4, 0.5) is 11.8 Å². The number of hydrogen-bond acceptors (Lipinski definition) is 9. The van der Waals surface area contributed by atoms with Crippen molar-refractivity contribution in [3.63, 3.8) is 0 Å². The first-order valence-corrected chi connectivity index (χ1v) is 10.3. The number of para-hydroxylation sites is 1. The summed E-state index contributed by atoms with van der Waals surface area (Å²) in [5, 5.41) is 14.7. The number of rotatable bonds is 9. The Kier molecular flexibility index (Phi) is 7.19. The van der Waals surface area contributed by atoms with E-state index in [-0.39, 0.29) is 18.2 Å². The predicted octanol–water partition coefficient (Wildman–Crippen LogP) is 2.64. The zero-order valence-corrected chi connectivity index (χ0v) is 19.4. The molecule has 3 aromatic rings. The minimum absolute atomic E-state index is 0.176. The molecule has 0 saturated carbocycles. The Morgan fingerprint density at radius 3 is 2.45 bits per heavy atom. The molecular weight excluding hydrogens is 426 g/mol. The average Bonchev–Trinajstić information content (AvgIpc) is 2.79. The Bertz CT molecular complexity index is 1150. The number of amides is 1. The molecule has 3 rings (SSSR count). The molecule has 0 aliphatic carbocycles. The smallest absolute Gasteiger partial charge is 0.245 e. The number of methoxy groups -OCH3 is 3. The molecule has 10 nitrogen and oxygen atoms in total. The van der Waals surface area contributed by atoms with Gasteiger partial charge in [-0.3, -0.25) is 4.79 Å². The quantitative estimate of drug-likeness (QED) is 0.253. The van der Waals surface area contributed by atoms with Crippen LogP contribution in [0, 0.1) is 0 Å². The van der Waals surface area contributed by atoms with Crippen LogP contribution < -0.4 is 30.4 Å². The summed E-state index contributed by atoms with van der Waals surface area (Å²) in [5.41, 5.74) is 0.119. The van der Waals surface area contributed by atoms with Gasteiger partial charge in [0.2, 0.25) is 11.9 Å². The molecule has 0 bridgehead atoms. The molecule has 4 N–H and O–H groups in total. The van der Waals surface area contributed by atoms with E-state index in [1.54, 1.807) is 38.5 Å². The molecule has 2 aromatic carbocycles. The normalized spacial score (nSPS) is 11.2. The van der Waals surface area contributed by atoms with Gasteiger partial charge in [-0.15, -0.1) is 0 Å². The lowest BCUT2D eigenvalue weighted by molar-refractivity contribution is -0.122. The largest absolute Gasteiger partial charge is 0.497 e. The van der Waals surface area contributed by atoms with Crippen molar-refractivity contribution < 1.29 is 24.1 Å². The third-order valence-electron chi connectivity index (χ3n) is 4.90. The van der Waals surface area contributed by atoms with E-state index in [0.29, 0.717) is 34.7 Å². The topological polar surface area (TPSA) is 132 Å². The van der Waals surface area contributed by atoms with Crippen LogP contribution in [-0.4, -0.2) is 47.9 Å². The van der Waals surface area contributed by atoms with E-state index in [2.05, 4.69) is 15.3 Å². The van der Waals surface area contributed by atoms with Crippen molar-refractivity contribution in [3.8, 4) is 17.2 Å². The second kappa shape index (κ2) is 9.88.